The zero-order valence-electron chi connectivity index (χ0n) is 12.4. The van der Waals surface area contributed by atoms with Crippen molar-refractivity contribution in [2.45, 2.75) is 12.5 Å². The van der Waals surface area contributed by atoms with Crippen molar-refractivity contribution < 1.29 is 4.79 Å². The van der Waals surface area contributed by atoms with Crippen LogP contribution in [0, 0.1) is 11.8 Å². The summed E-state index contributed by atoms with van der Waals surface area (Å²) in [5.41, 5.74) is 0.861. The van der Waals surface area contributed by atoms with Crippen LogP contribution in [0.3, 0.4) is 0 Å². The molecule has 2 heterocycles. The second kappa shape index (κ2) is 6.63. The molecule has 1 aliphatic rings. The summed E-state index contributed by atoms with van der Waals surface area (Å²) in [7, 11) is 1.83. The predicted octanol–water partition coefficient (Wildman–Crippen LogP) is 2.23. The quantitative estimate of drug-likeness (QED) is 0.798. The van der Waals surface area contributed by atoms with Gasteiger partial charge in [0.2, 0.25) is 0 Å². The third-order valence-electron chi connectivity index (χ3n) is 3.81. The molecule has 5 heteroatoms. The molecule has 1 unspecified atom stereocenters. The minimum absolute atomic E-state index is 0.130. The topological polar surface area (TPSA) is 36.4 Å². The summed E-state index contributed by atoms with van der Waals surface area (Å²) in [5.74, 6) is 5.52. The van der Waals surface area contributed by atoms with Crippen molar-refractivity contribution >= 4 is 22.4 Å². The summed E-state index contributed by atoms with van der Waals surface area (Å²) in [5, 5.41) is 3.00. The minimum Gasteiger partial charge on any atom is -0.346 e. The highest BCUT2D eigenvalue weighted by atomic mass is 32.1. The van der Waals surface area contributed by atoms with E-state index in [0.29, 0.717) is 0 Å². The summed E-state index contributed by atoms with van der Waals surface area (Å²) >= 11 is 1.63. The first-order valence-corrected chi connectivity index (χ1v) is 8.10. The minimum atomic E-state index is -0.130. The Balaban J connectivity index is 1.61. The van der Waals surface area contributed by atoms with E-state index in [1.54, 1.807) is 16.2 Å². The highest BCUT2D eigenvalue weighted by molar-refractivity contribution is 7.13. The average Bonchev–Trinajstić information content (AvgIpc) is 3.23. The number of hydrogen-bond acceptors (Lipinski definition) is 4. The summed E-state index contributed by atoms with van der Waals surface area (Å²) in [6, 6.07) is 9.77. The van der Waals surface area contributed by atoms with Crippen molar-refractivity contribution in [2.24, 2.45) is 0 Å². The SMILES string of the molecule is CN(C(=O)C#Cc1ccccc1)C1CCN(c2nccs2)C1. The van der Waals surface area contributed by atoms with E-state index in [4.69, 9.17) is 0 Å². The molecule has 2 aromatic rings. The van der Waals surface area contributed by atoms with Gasteiger partial charge >= 0.3 is 0 Å². The van der Waals surface area contributed by atoms with Crippen LogP contribution in [0.5, 0.6) is 0 Å². The Morgan fingerprint density at radius 2 is 2.23 bits per heavy atom. The molecule has 1 amide bonds. The van der Waals surface area contributed by atoms with Gasteiger partial charge in [-0.2, -0.15) is 0 Å². The first-order valence-electron chi connectivity index (χ1n) is 7.22. The maximum Gasteiger partial charge on any atom is 0.298 e. The van der Waals surface area contributed by atoms with Crippen LogP contribution in [0.2, 0.25) is 0 Å². The van der Waals surface area contributed by atoms with E-state index in [2.05, 4.69) is 21.7 Å². The van der Waals surface area contributed by atoms with E-state index >= 15 is 0 Å². The van der Waals surface area contributed by atoms with E-state index in [9.17, 15) is 4.79 Å². The summed E-state index contributed by atoms with van der Waals surface area (Å²) < 4.78 is 0. The molecule has 0 radical (unpaired) electrons. The molecule has 1 atom stereocenters. The number of likely N-dealkylation sites (N-methyl/N-ethyl adjacent to an activating group) is 1. The van der Waals surface area contributed by atoms with E-state index < -0.39 is 0 Å². The molecule has 0 bridgehead atoms. The van der Waals surface area contributed by atoms with Crippen molar-refractivity contribution in [2.75, 3.05) is 25.0 Å². The number of carbonyl (C=O) groups excluding carboxylic acids is 1. The van der Waals surface area contributed by atoms with Crippen LogP contribution >= 0.6 is 11.3 Å². The lowest BCUT2D eigenvalue weighted by atomic mass is 10.2. The van der Waals surface area contributed by atoms with Gasteiger partial charge in [-0.25, -0.2) is 4.98 Å². The normalized spacial score (nSPS) is 17.0. The van der Waals surface area contributed by atoms with Gasteiger partial charge in [-0.05, 0) is 18.6 Å². The standard InChI is InChI=1S/C17H17N3OS/c1-19(16(21)8-7-14-5-3-2-4-6-14)15-9-11-20(13-15)17-18-10-12-22-17/h2-6,10,12,15H,9,11,13H2,1H3. The Bertz CT molecular complexity index is 688. The van der Waals surface area contributed by atoms with Gasteiger partial charge in [0.1, 0.15) is 0 Å². The molecule has 1 aliphatic heterocycles. The Kier molecular flexibility index (Phi) is 4.40. The number of nitrogens with zero attached hydrogens (tertiary/aromatic N) is 3. The summed E-state index contributed by atoms with van der Waals surface area (Å²) in [6.07, 6.45) is 2.77. The molecule has 0 N–H and O–H groups in total. The number of hydrogen-bond donors (Lipinski definition) is 0. The first-order chi connectivity index (χ1) is 10.7. The van der Waals surface area contributed by atoms with Crippen molar-refractivity contribution in [1.29, 1.82) is 0 Å². The van der Waals surface area contributed by atoms with Gasteiger partial charge in [0.25, 0.3) is 5.91 Å². The summed E-state index contributed by atoms with van der Waals surface area (Å²) in [6.45, 7) is 1.75. The fraction of sp³-hybridized carbons (Fsp3) is 0.294. The van der Waals surface area contributed by atoms with Crippen LogP contribution in [-0.4, -0.2) is 42.0 Å². The van der Waals surface area contributed by atoms with Crippen LogP contribution < -0.4 is 4.90 Å². The van der Waals surface area contributed by atoms with Crippen molar-refractivity contribution in [1.82, 2.24) is 9.88 Å². The average molecular weight is 311 g/mol. The smallest absolute Gasteiger partial charge is 0.298 e. The number of aromatic nitrogens is 1. The van der Waals surface area contributed by atoms with Crippen LogP contribution in [0.25, 0.3) is 0 Å². The predicted molar refractivity (Wildman–Crippen MR) is 88.8 cm³/mol. The number of anilines is 1. The third-order valence-corrected chi connectivity index (χ3v) is 4.64. The zero-order valence-corrected chi connectivity index (χ0v) is 13.2. The summed E-state index contributed by atoms with van der Waals surface area (Å²) in [4.78, 5) is 20.5. The Morgan fingerprint density at radius 1 is 1.41 bits per heavy atom. The van der Waals surface area contributed by atoms with E-state index in [-0.39, 0.29) is 11.9 Å². The zero-order chi connectivity index (χ0) is 15.4. The molecule has 1 fully saturated rings. The second-order valence-electron chi connectivity index (χ2n) is 5.24. The van der Waals surface area contributed by atoms with Crippen molar-refractivity contribution in [3.8, 4) is 11.8 Å². The monoisotopic (exact) mass is 311 g/mol. The van der Waals surface area contributed by atoms with Crippen LogP contribution in [0.1, 0.15) is 12.0 Å². The fourth-order valence-corrected chi connectivity index (χ4v) is 3.18. The van der Waals surface area contributed by atoms with Gasteiger partial charge in [-0.15, -0.1) is 11.3 Å². The van der Waals surface area contributed by atoms with Gasteiger partial charge < -0.3 is 9.80 Å². The maximum absolute atomic E-state index is 12.2. The largest absolute Gasteiger partial charge is 0.346 e. The molecule has 1 aromatic heterocycles. The number of amides is 1. The van der Waals surface area contributed by atoms with Crippen molar-refractivity contribution in [3.63, 3.8) is 0 Å². The lowest BCUT2D eigenvalue weighted by Gasteiger charge is -2.22. The molecule has 0 saturated carbocycles. The van der Waals surface area contributed by atoms with Crippen LogP contribution in [0.4, 0.5) is 5.13 Å². The molecular weight excluding hydrogens is 294 g/mol. The molecule has 112 valence electrons. The molecule has 3 rings (SSSR count). The Hall–Kier alpha value is -2.32. The molecule has 0 aliphatic carbocycles. The second-order valence-corrected chi connectivity index (χ2v) is 6.11. The molecule has 1 aromatic carbocycles. The third kappa shape index (κ3) is 3.29. The van der Waals surface area contributed by atoms with Gasteiger partial charge in [0, 0.05) is 43.2 Å². The van der Waals surface area contributed by atoms with E-state index in [1.165, 1.54) is 0 Å². The Morgan fingerprint density at radius 3 is 2.95 bits per heavy atom. The molecule has 0 spiro atoms. The van der Waals surface area contributed by atoms with Gasteiger partial charge in [0.15, 0.2) is 5.13 Å². The van der Waals surface area contributed by atoms with Gasteiger partial charge in [-0.3, -0.25) is 4.79 Å². The molecule has 22 heavy (non-hydrogen) atoms. The highest BCUT2D eigenvalue weighted by Gasteiger charge is 2.28. The lowest BCUT2D eigenvalue weighted by molar-refractivity contribution is -0.125. The van der Waals surface area contributed by atoms with Crippen LogP contribution in [0.15, 0.2) is 41.9 Å². The fourth-order valence-electron chi connectivity index (χ4n) is 2.50. The lowest BCUT2D eigenvalue weighted by Crippen LogP contribution is -2.38. The first kappa shape index (κ1) is 14.6. The van der Waals surface area contributed by atoms with Crippen LogP contribution in [-0.2, 0) is 4.79 Å². The van der Waals surface area contributed by atoms with E-state index in [1.807, 2.05) is 49.0 Å². The molecular formula is C17H17N3OS. The number of benzene rings is 1. The maximum atomic E-state index is 12.2. The molecule has 1 saturated heterocycles. The van der Waals surface area contributed by atoms with Crippen molar-refractivity contribution in [3.05, 3.63) is 47.5 Å². The highest BCUT2D eigenvalue weighted by Crippen LogP contribution is 2.24. The van der Waals surface area contributed by atoms with Gasteiger partial charge in [-0.1, -0.05) is 24.1 Å². The number of carbonyl (C=O) groups is 1. The van der Waals surface area contributed by atoms with E-state index in [0.717, 1.165) is 30.2 Å². The number of thiazole rings is 1. The van der Waals surface area contributed by atoms with Gasteiger partial charge in [0.05, 0.1) is 6.04 Å². The Labute approximate surface area is 134 Å². The molecule has 4 nitrogen and oxygen atoms in total. The number of rotatable bonds is 2.